The van der Waals surface area contributed by atoms with Gasteiger partial charge in [-0.05, 0) is 17.7 Å². The molecule has 1 saturated heterocycles. The molecule has 0 spiro atoms. The molecule has 1 fully saturated rings. The molecule has 0 aliphatic carbocycles. The summed E-state index contributed by atoms with van der Waals surface area (Å²) in [6.45, 7) is 0.210. The summed E-state index contributed by atoms with van der Waals surface area (Å²) in [5.74, 6) is -3.72. The smallest absolute Gasteiger partial charge is 0.341 e. The zero-order valence-electron chi connectivity index (χ0n) is 15.4. The van der Waals surface area contributed by atoms with Gasteiger partial charge in [0.05, 0.1) is 24.7 Å². The summed E-state index contributed by atoms with van der Waals surface area (Å²) in [7, 11) is 0. The van der Waals surface area contributed by atoms with Gasteiger partial charge in [0.15, 0.2) is 11.6 Å². The number of nitrogens with zero attached hydrogens (tertiary/aromatic N) is 4. The first kappa shape index (κ1) is 19.7. The first-order valence-corrected chi connectivity index (χ1v) is 8.98. The molecule has 4 rings (SSSR count). The predicted molar refractivity (Wildman–Crippen MR) is 96.5 cm³/mol. The van der Waals surface area contributed by atoms with Gasteiger partial charge in [-0.1, -0.05) is 0 Å². The van der Waals surface area contributed by atoms with E-state index in [9.17, 15) is 22.4 Å². The van der Waals surface area contributed by atoms with Crippen LogP contribution in [0.25, 0.3) is 0 Å². The lowest BCUT2D eigenvalue weighted by Gasteiger charge is -2.41. The monoisotopic (exact) mass is 418 g/mol. The molecular weight excluding hydrogens is 404 g/mol. The average molecular weight is 418 g/mol. The molecule has 2 aliphatic heterocycles. The summed E-state index contributed by atoms with van der Waals surface area (Å²) >= 11 is 0. The van der Waals surface area contributed by atoms with Crippen molar-refractivity contribution in [3.63, 3.8) is 0 Å². The highest BCUT2D eigenvalue weighted by Gasteiger charge is 2.39. The molecule has 0 radical (unpaired) electrons. The Labute approximate surface area is 168 Å². The van der Waals surface area contributed by atoms with Crippen LogP contribution in [-0.2, 0) is 0 Å². The number of likely N-dealkylation sites (tertiary alicyclic amines) is 1. The molecule has 10 heteroatoms. The van der Waals surface area contributed by atoms with Gasteiger partial charge in [-0.25, -0.2) is 27.4 Å². The van der Waals surface area contributed by atoms with Crippen molar-refractivity contribution in [1.82, 2.24) is 9.91 Å². The Morgan fingerprint density at radius 2 is 1.77 bits per heavy atom. The molecule has 0 unspecified atom stereocenters. The molecule has 6 nitrogen and oxygen atoms in total. The van der Waals surface area contributed by atoms with Crippen LogP contribution >= 0.6 is 0 Å². The zero-order valence-corrected chi connectivity index (χ0v) is 15.4. The topological polar surface area (TPSA) is 68.9 Å². The quantitative estimate of drug-likeness (QED) is 0.714. The van der Waals surface area contributed by atoms with E-state index in [2.05, 4.69) is 5.10 Å². The highest BCUT2D eigenvalue weighted by atomic mass is 19.1. The Hall–Kier alpha value is -3.61. The Morgan fingerprint density at radius 1 is 1.07 bits per heavy atom. The Balaban J connectivity index is 1.40. The molecule has 30 heavy (non-hydrogen) atoms. The van der Waals surface area contributed by atoms with Crippen molar-refractivity contribution in [2.75, 3.05) is 13.1 Å². The van der Waals surface area contributed by atoms with Crippen molar-refractivity contribution in [3.05, 3.63) is 64.7 Å². The number of ether oxygens (including phenoxy) is 1. The maximum absolute atomic E-state index is 13.8. The van der Waals surface area contributed by atoms with Crippen molar-refractivity contribution < 1.29 is 27.1 Å². The number of urea groups is 1. The van der Waals surface area contributed by atoms with E-state index in [1.807, 2.05) is 0 Å². The van der Waals surface area contributed by atoms with Gasteiger partial charge in [0, 0.05) is 30.8 Å². The fourth-order valence-electron chi connectivity index (χ4n) is 3.34. The molecule has 0 saturated carbocycles. The van der Waals surface area contributed by atoms with Crippen LogP contribution in [0.15, 0.2) is 35.4 Å². The van der Waals surface area contributed by atoms with E-state index in [1.165, 1.54) is 11.1 Å². The van der Waals surface area contributed by atoms with E-state index in [4.69, 9.17) is 10.00 Å². The summed E-state index contributed by atoms with van der Waals surface area (Å²) in [5.41, 5.74) is -0.0701. The van der Waals surface area contributed by atoms with Crippen LogP contribution in [0.3, 0.4) is 0 Å². The molecule has 2 aromatic carbocycles. The highest BCUT2D eigenvalue weighted by molar-refractivity contribution is 5.79. The highest BCUT2D eigenvalue weighted by Crippen LogP contribution is 2.32. The molecule has 154 valence electrons. The number of halogens is 4. The van der Waals surface area contributed by atoms with Crippen molar-refractivity contribution in [2.24, 2.45) is 5.10 Å². The number of carbonyl (C=O) groups excluding carboxylic acids is 1. The number of rotatable bonds is 3. The third kappa shape index (κ3) is 3.66. The van der Waals surface area contributed by atoms with Crippen LogP contribution in [0.2, 0.25) is 0 Å². The van der Waals surface area contributed by atoms with E-state index in [1.54, 1.807) is 6.07 Å². The summed E-state index contributed by atoms with van der Waals surface area (Å²) in [5, 5.41) is 14.0. The first-order valence-electron chi connectivity index (χ1n) is 8.98. The predicted octanol–water partition coefficient (Wildman–Crippen LogP) is 3.73. The largest absolute Gasteiger partial charge is 0.484 e. The van der Waals surface area contributed by atoms with Crippen LogP contribution in [0.1, 0.15) is 23.6 Å². The van der Waals surface area contributed by atoms with Crippen molar-refractivity contribution in [3.8, 4) is 11.8 Å². The van der Waals surface area contributed by atoms with E-state index in [0.717, 1.165) is 29.3 Å². The number of amides is 2. The minimum atomic E-state index is -0.987. The fourth-order valence-corrected chi connectivity index (χ4v) is 3.34. The number of benzene rings is 2. The number of hydrogen-bond acceptors (Lipinski definition) is 4. The lowest BCUT2D eigenvalue weighted by molar-refractivity contribution is 0.0256. The van der Waals surface area contributed by atoms with E-state index < -0.39 is 41.4 Å². The minimum absolute atomic E-state index is 0.105. The lowest BCUT2D eigenvalue weighted by Crippen LogP contribution is -2.58. The SMILES string of the molecule is N#Cc1cc(OC2CN(C(=O)N3N=CC[C@H]3c3cc(F)cc(F)c3)C2)c(F)cc1F. The number of carbonyl (C=O) groups is 1. The van der Waals surface area contributed by atoms with Crippen molar-refractivity contribution >= 4 is 12.2 Å². The maximum Gasteiger partial charge on any atom is 0.341 e. The van der Waals surface area contributed by atoms with Crippen molar-refractivity contribution in [1.29, 1.82) is 5.26 Å². The fraction of sp³-hybridized carbons (Fsp3) is 0.250. The molecule has 0 bridgehead atoms. The summed E-state index contributed by atoms with van der Waals surface area (Å²) in [6.07, 6.45) is 1.23. The average Bonchev–Trinajstić information content (AvgIpc) is 3.14. The maximum atomic E-state index is 13.8. The molecule has 0 N–H and O–H groups in total. The Morgan fingerprint density at radius 3 is 2.43 bits per heavy atom. The lowest BCUT2D eigenvalue weighted by atomic mass is 10.0. The summed E-state index contributed by atoms with van der Waals surface area (Å²) < 4.78 is 59.7. The molecule has 1 atom stereocenters. The molecule has 2 heterocycles. The van der Waals surface area contributed by atoms with Gasteiger partial charge in [-0.3, -0.25) is 0 Å². The summed E-state index contributed by atoms with van der Waals surface area (Å²) in [6, 6.07) is 5.04. The second-order valence-electron chi connectivity index (χ2n) is 6.90. The number of nitriles is 1. The second kappa shape index (κ2) is 7.67. The molecule has 2 aliphatic rings. The molecule has 2 amide bonds. The minimum Gasteiger partial charge on any atom is -0.484 e. The van der Waals surface area contributed by atoms with Gasteiger partial charge in [-0.2, -0.15) is 10.4 Å². The van der Waals surface area contributed by atoms with Crippen LogP contribution in [0.5, 0.6) is 5.75 Å². The van der Waals surface area contributed by atoms with Gasteiger partial charge in [0.25, 0.3) is 0 Å². The summed E-state index contributed by atoms with van der Waals surface area (Å²) in [4.78, 5) is 14.1. The first-order chi connectivity index (χ1) is 14.4. The molecule has 0 aromatic heterocycles. The van der Waals surface area contributed by atoms with Crippen LogP contribution in [0, 0.1) is 34.6 Å². The van der Waals surface area contributed by atoms with E-state index in [0.29, 0.717) is 12.5 Å². The molecule has 2 aromatic rings. The van der Waals surface area contributed by atoms with Crippen molar-refractivity contribution in [2.45, 2.75) is 18.6 Å². The number of hydrazone groups is 1. The van der Waals surface area contributed by atoms with Crippen LogP contribution in [0.4, 0.5) is 22.4 Å². The Bertz CT molecular complexity index is 1060. The molecular formula is C20H14F4N4O2. The third-order valence-corrected chi connectivity index (χ3v) is 4.85. The van der Waals surface area contributed by atoms with Crippen LogP contribution < -0.4 is 4.74 Å². The normalized spacial score (nSPS) is 18.3. The standard InChI is InChI=1S/C20H14F4N4O2/c21-13-3-11(4-14(22)6-13)18-1-2-26-28(18)20(29)27-9-15(10-27)30-19-5-12(8-25)16(23)7-17(19)24/h2-7,15,18H,1,9-10H2/t18-/m0/s1. The third-order valence-electron chi connectivity index (χ3n) is 4.85. The van der Waals surface area contributed by atoms with Gasteiger partial charge in [0.1, 0.15) is 29.6 Å². The van der Waals surface area contributed by atoms with Gasteiger partial charge >= 0.3 is 6.03 Å². The van der Waals surface area contributed by atoms with E-state index >= 15 is 0 Å². The zero-order chi connectivity index (χ0) is 21.4. The van der Waals surface area contributed by atoms with Gasteiger partial charge in [0.2, 0.25) is 0 Å². The van der Waals surface area contributed by atoms with Crippen LogP contribution in [-0.4, -0.2) is 41.3 Å². The van der Waals surface area contributed by atoms with Gasteiger partial charge < -0.3 is 9.64 Å². The van der Waals surface area contributed by atoms with Gasteiger partial charge in [-0.15, -0.1) is 0 Å². The number of hydrogen-bond donors (Lipinski definition) is 0. The Kier molecular flexibility index (Phi) is 5.03. The second-order valence-corrected chi connectivity index (χ2v) is 6.90. The van der Waals surface area contributed by atoms with E-state index in [-0.39, 0.29) is 30.0 Å².